The summed E-state index contributed by atoms with van der Waals surface area (Å²) in [7, 11) is 0. The van der Waals surface area contributed by atoms with Crippen molar-refractivity contribution in [2.24, 2.45) is 0 Å². The van der Waals surface area contributed by atoms with Gasteiger partial charge < -0.3 is 9.64 Å². The number of aryl methyl sites for hydroxylation is 1. The van der Waals surface area contributed by atoms with Crippen molar-refractivity contribution in [3.05, 3.63) is 70.0 Å². The summed E-state index contributed by atoms with van der Waals surface area (Å²) in [4.78, 5) is 18.3. The molecule has 0 bridgehead atoms. The molecule has 3 aromatic rings. The molecular formula is C21H19BrN2O2S. The van der Waals surface area contributed by atoms with E-state index in [-0.39, 0.29) is 6.04 Å². The standard InChI is InChI=1S/C21H19BrN2O2S/c22-17-9-7-16(8-10-17)19-14-27-21(23-19)24-18(13-26-20(24)12-25)11-6-15-4-2-1-3-5-15/h1-5,7-10,12,14,18,20H,6,11,13H2/t18-,20?/m1/s1. The fraction of sp³-hybridized carbons (Fsp3) is 0.238. The summed E-state index contributed by atoms with van der Waals surface area (Å²) in [6, 6.07) is 18.6. The molecule has 27 heavy (non-hydrogen) atoms. The Morgan fingerprint density at radius 2 is 1.96 bits per heavy atom. The van der Waals surface area contributed by atoms with Gasteiger partial charge in [-0.05, 0) is 30.5 Å². The summed E-state index contributed by atoms with van der Waals surface area (Å²) in [5, 5.41) is 2.87. The molecular weight excluding hydrogens is 424 g/mol. The van der Waals surface area contributed by atoms with Gasteiger partial charge in [-0.25, -0.2) is 4.98 Å². The first-order valence-corrected chi connectivity index (χ1v) is 10.5. The number of anilines is 1. The van der Waals surface area contributed by atoms with Crippen molar-refractivity contribution in [2.45, 2.75) is 25.1 Å². The lowest BCUT2D eigenvalue weighted by atomic mass is 10.1. The molecule has 0 radical (unpaired) electrons. The van der Waals surface area contributed by atoms with Crippen LogP contribution in [-0.2, 0) is 16.0 Å². The second-order valence-electron chi connectivity index (χ2n) is 6.47. The second kappa shape index (κ2) is 8.33. The molecule has 0 saturated carbocycles. The second-order valence-corrected chi connectivity index (χ2v) is 8.22. The molecule has 1 saturated heterocycles. The van der Waals surface area contributed by atoms with E-state index in [1.165, 1.54) is 5.56 Å². The summed E-state index contributed by atoms with van der Waals surface area (Å²) in [5.74, 6) is 0. The Balaban J connectivity index is 1.53. The van der Waals surface area contributed by atoms with Crippen LogP contribution in [0, 0.1) is 0 Å². The van der Waals surface area contributed by atoms with E-state index in [0.29, 0.717) is 6.61 Å². The summed E-state index contributed by atoms with van der Waals surface area (Å²) >= 11 is 5.01. The summed E-state index contributed by atoms with van der Waals surface area (Å²) in [6.07, 6.45) is 2.17. The van der Waals surface area contributed by atoms with Gasteiger partial charge in [0.25, 0.3) is 0 Å². The topological polar surface area (TPSA) is 42.4 Å². The molecule has 0 spiro atoms. The summed E-state index contributed by atoms with van der Waals surface area (Å²) in [6.45, 7) is 0.545. The molecule has 2 aromatic carbocycles. The normalized spacial score (nSPS) is 19.4. The summed E-state index contributed by atoms with van der Waals surface area (Å²) < 4.78 is 6.76. The molecule has 1 unspecified atom stereocenters. The van der Waals surface area contributed by atoms with Crippen LogP contribution in [0.2, 0.25) is 0 Å². The Labute approximate surface area is 170 Å². The molecule has 138 valence electrons. The molecule has 4 nitrogen and oxygen atoms in total. The van der Waals surface area contributed by atoms with Gasteiger partial charge in [-0.3, -0.25) is 4.79 Å². The number of hydrogen-bond acceptors (Lipinski definition) is 5. The molecule has 1 aliphatic rings. The predicted molar refractivity (Wildman–Crippen MR) is 112 cm³/mol. The van der Waals surface area contributed by atoms with E-state index >= 15 is 0 Å². The largest absolute Gasteiger partial charge is 0.349 e. The number of benzene rings is 2. The van der Waals surface area contributed by atoms with E-state index in [9.17, 15) is 4.79 Å². The van der Waals surface area contributed by atoms with Gasteiger partial charge in [0.2, 0.25) is 0 Å². The molecule has 1 aliphatic heterocycles. The van der Waals surface area contributed by atoms with Gasteiger partial charge in [0.15, 0.2) is 17.6 Å². The van der Waals surface area contributed by atoms with Crippen molar-refractivity contribution in [2.75, 3.05) is 11.5 Å². The third kappa shape index (κ3) is 4.13. The van der Waals surface area contributed by atoms with Crippen molar-refractivity contribution >= 4 is 38.7 Å². The molecule has 6 heteroatoms. The van der Waals surface area contributed by atoms with Crippen LogP contribution >= 0.6 is 27.3 Å². The zero-order valence-electron chi connectivity index (χ0n) is 14.6. The molecule has 2 atom stereocenters. The first kappa shape index (κ1) is 18.3. The number of carbonyl (C=O) groups excluding carboxylic acids is 1. The predicted octanol–water partition coefficient (Wildman–Crippen LogP) is 4.94. The lowest BCUT2D eigenvalue weighted by Gasteiger charge is -2.24. The highest BCUT2D eigenvalue weighted by Gasteiger charge is 2.35. The quantitative estimate of drug-likeness (QED) is 0.507. The van der Waals surface area contributed by atoms with E-state index in [0.717, 1.165) is 40.0 Å². The lowest BCUT2D eigenvalue weighted by molar-refractivity contribution is -0.115. The maximum atomic E-state index is 11.5. The van der Waals surface area contributed by atoms with Crippen LogP contribution in [0.1, 0.15) is 12.0 Å². The van der Waals surface area contributed by atoms with Crippen molar-refractivity contribution in [1.29, 1.82) is 0 Å². The zero-order chi connectivity index (χ0) is 18.6. The van der Waals surface area contributed by atoms with Crippen LogP contribution in [0.25, 0.3) is 11.3 Å². The number of carbonyl (C=O) groups is 1. The number of thiazole rings is 1. The van der Waals surface area contributed by atoms with Crippen LogP contribution in [-0.4, -0.2) is 30.1 Å². The summed E-state index contributed by atoms with van der Waals surface area (Å²) in [5.41, 5.74) is 3.27. The number of halogens is 1. The van der Waals surface area contributed by atoms with E-state index in [4.69, 9.17) is 9.72 Å². The molecule has 1 fully saturated rings. The Hall–Kier alpha value is -2.02. The molecule has 0 N–H and O–H groups in total. The van der Waals surface area contributed by atoms with Gasteiger partial charge in [-0.1, -0.05) is 58.4 Å². The fourth-order valence-corrected chi connectivity index (χ4v) is 4.48. The van der Waals surface area contributed by atoms with Crippen molar-refractivity contribution in [3.8, 4) is 11.3 Å². The third-order valence-corrected chi connectivity index (χ3v) is 6.09. The number of aromatic nitrogens is 1. The highest BCUT2D eigenvalue weighted by atomic mass is 79.9. The van der Waals surface area contributed by atoms with Crippen LogP contribution < -0.4 is 4.90 Å². The maximum absolute atomic E-state index is 11.5. The average Bonchev–Trinajstić information content (AvgIpc) is 3.34. The fourth-order valence-electron chi connectivity index (χ4n) is 3.28. The minimum Gasteiger partial charge on any atom is -0.349 e. The van der Waals surface area contributed by atoms with Crippen LogP contribution in [0.5, 0.6) is 0 Å². The Bertz CT molecular complexity index is 898. The number of nitrogens with zero attached hydrogens (tertiary/aromatic N) is 2. The van der Waals surface area contributed by atoms with Crippen molar-refractivity contribution in [3.63, 3.8) is 0 Å². The number of hydrogen-bond donors (Lipinski definition) is 0. The Morgan fingerprint density at radius 3 is 2.70 bits per heavy atom. The van der Waals surface area contributed by atoms with E-state index in [1.807, 2.05) is 40.6 Å². The SMILES string of the molecule is O=CC1OC[C@@H](CCc2ccccc2)N1c1nc(-c2ccc(Br)cc2)cs1. The Morgan fingerprint density at radius 1 is 1.19 bits per heavy atom. The van der Waals surface area contributed by atoms with Crippen molar-refractivity contribution < 1.29 is 9.53 Å². The molecule has 2 heterocycles. The zero-order valence-corrected chi connectivity index (χ0v) is 17.0. The molecule has 0 amide bonds. The maximum Gasteiger partial charge on any atom is 0.188 e. The average molecular weight is 443 g/mol. The first-order valence-electron chi connectivity index (χ1n) is 8.85. The number of rotatable bonds is 6. The van der Waals surface area contributed by atoms with E-state index < -0.39 is 6.23 Å². The number of ether oxygens (including phenoxy) is 1. The smallest absolute Gasteiger partial charge is 0.188 e. The van der Waals surface area contributed by atoms with Crippen LogP contribution in [0.15, 0.2) is 64.5 Å². The van der Waals surface area contributed by atoms with E-state index in [1.54, 1.807) is 11.3 Å². The first-order chi connectivity index (χ1) is 13.2. The van der Waals surface area contributed by atoms with Gasteiger partial charge >= 0.3 is 0 Å². The van der Waals surface area contributed by atoms with Crippen LogP contribution in [0.3, 0.4) is 0 Å². The highest BCUT2D eigenvalue weighted by Crippen LogP contribution is 2.33. The van der Waals surface area contributed by atoms with Crippen molar-refractivity contribution in [1.82, 2.24) is 4.98 Å². The van der Waals surface area contributed by atoms with Gasteiger partial charge in [-0.15, -0.1) is 11.3 Å². The minimum atomic E-state index is -0.560. The molecule has 0 aliphatic carbocycles. The van der Waals surface area contributed by atoms with Crippen LogP contribution in [0.4, 0.5) is 5.13 Å². The third-order valence-electron chi connectivity index (χ3n) is 4.71. The van der Waals surface area contributed by atoms with Gasteiger partial charge in [0, 0.05) is 15.4 Å². The minimum absolute atomic E-state index is 0.143. The van der Waals surface area contributed by atoms with Gasteiger partial charge in [0.05, 0.1) is 18.3 Å². The monoisotopic (exact) mass is 442 g/mol. The number of aldehydes is 1. The molecule has 4 rings (SSSR count). The molecule has 1 aromatic heterocycles. The highest BCUT2D eigenvalue weighted by molar-refractivity contribution is 9.10. The van der Waals surface area contributed by atoms with Gasteiger partial charge in [-0.2, -0.15) is 0 Å². The van der Waals surface area contributed by atoms with E-state index in [2.05, 4.69) is 40.2 Å². The van der Waals surface area contributed by atoms with Gasteiger partial charge in [0.1, 0.15) is 0 Å². The lowest BCUT2D eigenvalue weighted by Crippen LogP contribution is -2.38. The Kier molecular flexibility index (Phi) is 5.66.